The maximum Gasteiger partial charge on any atom is 0.307 e. The van der Waals surface area contributed by atoms with Crippen molar-refractivity contribution in [3.8, 4) is 0 Å². The molecule has 2 N–H and O–H groups in total. The molecular formula is C14H19NO4. The quantitative estimate of drug-likeness (QED) is 0.732. The zero-order valence-corrected chi connectivity index (χ0v) is 10.7. The summed E-state index contributed by atoms with van der Waals surface area (Å²) in [6.07, 6.45) is 5.74. The van der Waals surface area contributed by atoms with Gasteiger partial charge in [-0.25, -0.2) is 0 Å². The lowest BCUT2D eigenvalue weighted by Gasteiger charge is -2.24. The van der Waals surface area contributed by atoms with Gasteiger partial charge in [-0.2, -0.15) is 0 Å². The molecule has 0 aromatic rings. The van der Waals surface area contributed by atoms with E-state index in [9.17, 15) is 14.7 Å². The number of carbonyl (C=O) groups excluding carboxylic acids is 1. The Labute approximate surface area is 112 Å². The van der Waals surface area contributed by atoms with Gasteiger partial charge in [-0.3, -0.25) is 9.59 Å². The smallest absolute Gasteiger partial charge is 0.307 e. The highest BCUT2D eigenvalue weighted by Crippen LogP contribution is 2.48. The van der Waals surface area contributed by atoms with Gasteiger partial charge in [0.15, 0.2) is 0 Å². The summed E-state index contributed by atoms with van der Waals surface area (Å²) in [6, 6.07) is 0. The third-order valence-electron chi connectivity index (χ3n) is 4.64. The monoisotopic (exact) mass is 265 g/mol. The van der Waals surface area contributed by atoms with Crippen LogP contribution in [-0.4, -0.2) is 36.7 Å². The Morgan fingerprint density at radius 1 is 1.26 bits per heavy atom. The molecule has 2 bridgehead atoms. The van der Waals surface area contributed by atoms with E-state index in [1.807, 2.05) is 12.2 Å². The Bertz CT molecular complexity index is 414. The highest BCUT2D eigenvalue weighted by Gasteiger charge is 2.51. The number of allylic oxidation sites excluding steroid dienone is 2. The average Bonchev–Trinajstić information content (AvgIpc) is 3.10. The second kappa shape index (κ2) is 4.96. The Balaban J connectivity index is 1.62. The van der Waals surface area contributed by atoms with Gasteiger partial charge in [0.1, 0.15) is 0 Å². The number of amides is 1. The van der Waals surface area contributed by atoms with Crippen LogP contribution in [0.2, 0.25) is 0 Å². The van der Waals surface area contributed by atoms with E-state index in [0.29, 0.717) is 19.1 Å². The number of hydrogen-bond donors (Lipinski definition) is 2. The summed E-state index contributed by atoms with van der Waals surface area (Å²) < 4.78 is 5.27. The maximum atomic E-state index is 12.3. The summed E-state index contributed by atoms with van der Waals surface area (Å²) in [5, 5.41) is 12.2. The van der Waals surface area contributed by atoms with Crippen molar-refractivity contribution in [2.45, 2.75) is 12.8 Å². The molecule has 1 heterocycles. The van der Waals surface area contributed by atoms with Crippen molar-refractivity contribution in [2.24, 2.45) is 29.6 Å². The minimum atomic E-state index is -0.846. The number of nitrogens with one attached hydrogen (secondary N) is 1. The molecule has 104 valence electrons. The number of aliphatic carboxylic acids is 1. The second-order valence-corrected chi connectivity index (χ2v) is 5.81. The van der Waals surface area contributed by atoms with E-state index in [2.05, 4.69) is 5.32 Å². The predicted molar refractivity (Wildman–Crippen MR) is 67.3 cm³/mol. The molecule has 3 aliphatic rings. The fourth-order valence-electron chi connectivity index (χ4n) is 3.62. The number of hydrogen-bond acceptors (Lipinski definition) is 3. The van der Waals surface area contributed by atoms with Gasteiger partial charge < -0.3 is 15.2 Å². The minimum absolute atomic E-state index is 0.0352. The van der Waals surface area contributed by atoms with Crippen LogP contribution >= 0.6 is 0 Å². The highest BCUT2D eigenvalue weighted by atomic mass is 16.5. The standard InChI is InChI=1S/C14H19NO4/c16-13(15-6-8-3-4-19-7-8)11-9-1-2-10(5-9)12(11)14(17)18/h1-2,8-12H,3-7H2,(H,15,16)(H,17,18). The first-order valence-electron chi connectivity index (χ1n) is 6.93. The van der Waals surface area contributed by atoms with Crippen LogP contribution in [0.15, 0.2) is 12.2 Å². The van der Waals surface area contributed by atoms with Gasteiger partial charge in [-0.05, 0) is 24.7 Å². The molecule has 0 aromatic carbocycles. The lowest BCUT2D eigenvalue weighted by Crippen LogP contribution is -2.41. The molecule has 2 aliphatic carbocycles. The van der Waals surface area contributed by atoms with E-state index in [0.717, 1.165) is 19.4 Å². The Kier molecular flexibility index (Phi) is 3.31. The van der Waals surface area contributed by atoms with E-state index >= 15 is 0 Å². The van der Waals surface area contributed by atoms with Crippen LogP contribution in [-0.2, 0) is 14.3 Å². The molecule has 19 heavy (non-hydrogen) atoms. The summed E-state index contributed by atoms with van der Waals surface area (Å²) >= 11 is 0. The summed E-state index contributed by atoms with van der Waals surface area (Å²) in [5.74, 6) is -1.37. The van der Waals surface area contributed by atoms with Crippen LogP contribution in [0.4, 0.5) is 0 Å². The lowest BCUT2D eigenvalue weighted by atomic mass is 9.82. The van der Waals surface area contributed by atoms with Crippen molar-refractivity contribution in [1.82, 2.24) is 5.32 Å². The molecule has 0 spiro atoms. The van der Waals surface area contributed by atoms with Gasteiger partial charge in [0.25, 0.3) is 0 Å². The van der Waals surface area contributed by atoms with Crippen molar-refractivity contribution < 1.29 is 19.4 Å². The summed E-state index contributed by atoms with van der Waals surface area (Å²) in [5.41, 5.74) is 0. The second-order valence-electron chi connectivity index (χ2n) is 5.81. The fraction of sp³-hybridized carbons (Fsp3) is 0.714. The molecule has 0 radical (unpaired) electrons. The normalized spacial score (nSPS) is 39.7. The largest absolute Gasteiger partial charge is 0.481 e. The molecule has 1 saturated carbocycles. The minimum Gasteiger partial charge on any atom is -0.481 e. The van der Waals surface area contributed by atoms with Crippen molar-refractivity contribution in [3.05, 3.63) is 12.2 Å². The molecule has 5 unspecified atom stereocenters. The molecule has 1 saturated heterocycles. The molecular weight excluding hydrogens is 246 g/mol. The topological polar surface area (TPSA) is 75.6 Å². The van der Waals surface area contributed by atoms with Crippen molar-refractivity contribution in [2.75, 3.05) is 19.8 Å². The molecule has 3 rings (SSSR count). The fourth-order valence-corrected chi connectivity index (χ4v) is 3.62. The predicted octanol–water partition coefficient (Wildman–Crippen LogP) is 0.662. The van der Waals surface area contributed by atoms with Crippen LogP contribution in [0, 0.1) is 29.6 Å². The van der Waals surface area contributed by atoms with Gasteiger partial charge in [0, 0.05) is 19.1 Å². The molecule has 1 amide bonds. The third kappa shape index (κ3) is 2.27. The number of fused-ring (bicyclic) bond motifs is 2. The molecule has 2 fully saturated rings. The third-order valence-corrected chi connectivity index (χ3v) is 4.64. The summed E-state index contributed by atoms with van der Waals surface area (Å²) in [6.45, 7) is 2.05. The first-order valence-corrected chi connectivity index (χ1v) is 6.93. The van der Waals surface area contributed by atoms with E-state index in [1.54, 1.807) is 0 Å². The van der Waals surface area contributed by atoms with E-state index in [-0.39, 0.29) is 17.7 Å². The summed E-state index contributed by atoms with van der Waals surface area (Å²) in [7, 11) is 0. The zero-order valence-electron chi connectivity index (χ0n) is 10.7. The van der Waals surface area contributed by atoms with Crippen LogP contribution in [0.1, 0.15) is 12.8 Å². The molecule has 5 atom stereocenters. The Morgan fingerprint density at radius 2 is 2.00 bits per heavy atom. The van der Waals surface area contributed by atoms with Crippen molar-refractivity contribution in [1.29, 1.82) is 0 Å². The molecule has 0 aromatic heterocycles. The number of carbonyl (C=O) groups is 2. The SMILES string of the molecule is O=C(O)C1C2C=CC(C2)C1C(=O)NCC1CCOC1. The van der Waals surface area contributed by atoms with Gasteiger partial charge in [0.05, 0.1) is 18.4 Å². The van der Waals surface area contributed by atoms with Gasteiger partial charge in [0.2, 0.25) is 5.91 Å². The van der Waals surface area contributed by atoms with Gasteiger partial charge in [-0.1, -0.05) is 12.2 Å². The molecule has 1 aliphatic heterocycles. The van der Waals surface area contributed by atoms with Crippen LogP contribution in [0.25, 0.3) is 0 Å². The van der Waals surface area contributed by atoms with Gasteiger partial charge >= 0.3 is 5.97 Å². The van der Waals surface area contributed by atoms with E-state index < -0.39 is 17.8 Å². The summed E-state index contributed by atoms with van der Waals surface area (Å²) in [4.78, 5) is 23.6. The van der Waals surface area contributed by atoms with Crippen LogP contribution < -0.4 is 5.32 Å². The van der Waals surface area contributed by atoms with Gasteiger partial charge in [-0.15, -0.1) is 0 Å². The van der Waals surface area contributed by atoms with Crippen molar-refractivity contribution >= 4 is 11.9 Å². The van der Waals surface area contributed by atoms with E-state index in [4.69, 9.17) is 4.74 Å². The first kappa shape index (κ1) is 12.7. The zero-order chi connectivity index (χ0) is 13.4. The number of carboxylic acids is 1. The van der Waals surface area contributed by atoms with Crippen LogP contribution in [0.3, 0.4) is 0 Å². The number of ether oxygens (including phenoxy) is 1. The maximum absolute atomic E-state index is 12.3. The van der Waals surface area contributed by atoms with Crippen LogP contribution in [0.5, 0.6) is 0 Å². The Hall–Kier alpha value is -1.36. The lowest BCUT2D eigenvalue weighted by molar-refractivity contribution is -0.147. The Morgan fingerprint density at radius 3 is 2.63 bits per heavy atom. The van der Waals surface area contributed by atoms with E-state index in [1.165, 1.54) is 0 Å². The van der Waals surface area contributed by atoms with Crippen molar-refractivity contribution in [3.63, 3.8) is 0 Å². The molecule has 5 heteroatoms. The number of rotatable bonds is 4. The first-order chi connectivity index (χ1) is 9.16. The number of carboxylic acid groups (broad SMARTS) is 1. The highest BCUT2D eigenvalue weighted by molar-refractivity contribution is 5.86. The average molecular weight is 265 g/mol. The molecule has 5 nitrogen and oxygen atoms in total.